The summed E-state index contributed by atoms with van der Waals surface area (Å²) in [5, 5.41) is 3.80. The van der Waals surface area contributed by atoms with Crippen molar-refractivity contribution in [2.45, 2.75) is 49.8 Å². The first-order chi connectivity index (χ1) is 8.66. The molecule has 18 heavy (non-hydrogen) atoms. The molecule has 0 aromatic carbocycles. The van der Waals surface area contributed by atoms with Crippen LogP contribution < -0.4 is 5.32 Å². The second-order valence-corrected chi connectivity index (χ2v) is 9.11. The number of halogens is 1. The Bertz CT molecular complexity index is 423. The van der Waals surface area contributed by atoms with Crippen molar-refractivity contribution in [1.29, 1.82) is 0 Å². The van der Waals surface area contributed by atoms with Crippen LogP contribution in [0.5, 0.6) is 0 Å². The number of nitrogens with one attached hydrogen (secondary N) is 1. The minimum atomic E-state index is 0.456. The fourth-order valence-corrected chi connectivity index (χ4v) is 5.69. The number of thiophene rings is 1. The Morgan fingerprint density at radius 3 is 3.17 bits per heavy atom. The van der Waals surface area contributed by atoms with E-state index < -0.39 is 0 Å². The van der Waals surface area contributed by atoms with Gasteiger partial charge in [0.05, 0.1) is 4.34 Å². The smallest absolute Gasteiger partial charge is 0.0934 e. The number of rotatable bonds is 3. The van der Waals surface area contributed by atoms with Gasteiger partial charge in [0.15, 0.2) is 0 Å². The standard InChI is InChI=1S/C14H20ClNS2/c1-14(6-3-7-17-14)9-16-11-4-2-5-12-10(11)8-13(15)18-12/h8,11,16H,2-7,9H2,1H3. The maximum absolute atomic E-state index is 6.16. The molecular weight excluding hydrogens is 282 g/mol. The van der Waals surface area contributed by atoms with Crippen molar-refractivity contribution in [3.05, 3.63) is 20.8 Å². The van der Waals surface area contributed by atoms with Gasteiger partial charge in [0.1, 0.15) is 0 Å². The van der Waals surface area contributed by atoms with Crippen LogP contribution in [0.2, 0.25) is 4.34 Å². The van der Waals surface area contributed by atoms with Gasteiger partial charge in [-0.15, -0.1) is 11.3 Å². The minimum Gasteiger partial charge on any atom is -0.309 e. The SMILES string of the molecule is CC1(CNC2CCCc3sc(Cl)cc32)CCCS1. The van der Waals surface area contributed by atoms with E-state index >= 15 is 0 Å². The van der Waals surface area contributed by atoms with Crippen LogP contribution in [-0.2, 0) is 6.42 Å². The van der Waals surface area contributed by atoms with E-state index in [1.807, 2.05) is 0 Å². The average molecular weight is 302 g/mol. The Balaban J connectivity index is 1.67. The molecule has 0 saturated carbocycles. The molecule has 2 aliphatic rings. The largest absolute Gasteiger partial charge is 0.309 e. The number of aryl methyl sites for hydroxylation is 1. The molecule has 3 rings (SSSR count). The van der Waals surface area contributed by atoms with Gasteiger partial charge in [-0.05, 0) is 56.4 Å². The molecule has 4 heteroatoms. The van der Waals surface area contributed by atoms with Crippen molar-refractivity contribution in [3.63, 3.8) is 0 Å². The van der Waals surface area contributed by atoms with E-state index in [-0.39, 0.29) is 0 Å². The summed E-state index contributed by atoms with van der Waals surface area (Å²) in [7, 11) is 0. The van der Waals surface area contributed by atoms with Gasteiger partial charge in [-0.1, -0.05) is 11.6 Å². The van der Waals surface area contributed by atoms with E-state index in [0.717, 1.165) is 10.9 Å². The van der Waals surface area contributed by atoms with Crippen molar-refractivity contribution in [2.24, 2.45) is 0 Å². The maximum atomic E-state index is 6.16. The molecule has 0 spiro atoms. The molecule has 1 aliphatic heterocycles. The van der Waals surface area contributed by atoms with Crippen LogP contribution >= 0.6 is 34.7 Å². The first-order valence-corrected chi connectivity index (χ1v) is 9.00. The molecule has 1 nitrogen and oxygen atoms in total. The quantitative estimate of drug-likeness (QED) is 0.872. The molecule has 1 N–H and O–H groups in total. The van der Waals surface area contributed by atoms with Gasteiger partial charge in [0, 0.05) is 22.2 Å². The van der Waals surface area contributed by atoms with E-state index in [9.17, 15) is 0 Å². The van der Waals surface area contributed by atoms with Crippen LogP contribution in [0.3, 0.4) is 0 Å². The summed E-state index contributed by atoms with van der Waals surface area (Å²) in [6.07, 6.45) is 6.51. The van der Waals surface area contributed by atoms with Crippen LogP contribution in [0, 0.1) is 0 Å². The van der Waals surface area contributed by atoms with Gasteiger partial charge in [-0.3, -0.25) is 0 Å². The Hall–Kier alpha value is 0.300. The molecule has 1 aromatic rings. The van der Waals surface area contributed by atoms with E-state index in [4.69, 9.17) is 11.6 Å². The number of fused-ring (bicyclic) bond motifs is 1. The fraction of sp³-hybridized carbons (Fsp3) is 0.714. The van der Waals surface area contributed by atoms with Gasteiger partial charge in [-0.2, -0.15) is 11.8 Å². The highest BCUT2D eigenvalue weighted by Gasteiger charge is 2.31. The van der Waals surface area contributed by atoms with Crippen LogP contribution in [0.15, 0.2) is 6.07 Å². The topological polar surface area (TPSA) is 12.0 Å². The highest BCUT2D eigenvalue weighted by molar-refractivity contribution is 8.00. The Morgan fingerprint density at radius 2 is 2.39 bits per heavy atom. The van der Waals surface area contributed by atoms with Gasteiger partial charge >= 0.3 is 0 Å². The summed E-state index contributed by atoms with van der Waals surface area (Å²) in [5.74, 6) is 1.33. The van der Waals surface area contributed by atoms with Gasteiger partial charge in [-0.25, -0.2) is 0 Å². The highest BCUT2D eigenvalue weighted by atomic mass is 35.5. The Morgan fingerprint density at radius 1 is 1.50 bits per heavy atom. The van der Waals surface area contributed by atoms with Crippen LogP contribution in [0.4, 0.5) is 0 Å². The lowest BCUT2D eigenvalue weighted by molar-refractivity contribution is 0.429. The first-order valence-electron chi connectivity index (χ1n) is 6.82. The average Bonchev–Trinajstić information content (AvgIpc) is 2.92. The molecule has 2 atom stereocenters. The number of hydrogen-bond acceptors (Lipinski definition) is 3. The predicted molar refractivity (Wildman–Crippen MR) is 83.1 cm³/mol. The van der Waals surface area contributed by atoms with E-state index in [2.05, 4.69) is 30.1 Å². The van der Waals surface area contributed by atoms with E-state index in [1.54, 1.807) is 11.3 Å². The van der Waals surface area contributed by atoms with E-state index in [0.29, 0.717) is 10.8 Å². The van der Waals surface area contributed by atoms with Crippen LogP contribution in [0.1, 0.15) is 49.1 Å². The van der Waals surface area contributed by atoms with Crippen molar-refractivity contribution >= 4 is 34.7 Å². The molecule has 100 valence electrons. The predicted octanol–water partition coefficient (Wildman–Crippen LogP) is 4.65. The minimum absolute atomic E-state index is 0.456. The fourth-order valence-electron chi connectivity index (χ4n) is 3.05. The molecule has 0 bridgehead atoms. The lowest BCUT2D eigenvalue weighted by Crippen LogP contribution is -2.36. The summed E-state index contributed by atoms with van der Waals surface area (Å²) < 4.78 is 1.41. The summed E-state index contributed by atoms with van der Waals surface area (Å²) in [6, 6.07) is 2.72. The summed E-state index contributed by atoms with van der Waals surface area (Å²) in [5.41, 5.74) is 1.47. The normalized spacial score (nSPS) is 31.6. The third-order valence-electron chi connectivity index (χ3n) is 4.11. The van der Waals surface area contributed by atoms with Crippen LogP contribution in [0.25, 0.3) is 0 Å². The third-order valence-corrected chi connectivity index (χ3v) is 6.98. The Labute approximate surface area is 123 Å². The zero-order chi connectivity index (χ0) is 12.6. The molecule has 0 amide bonds. The molecule has 2 unspecified atom stereocenters. The summed E-state index contributed by atoms with van der Waals surface area (Å²) in [4.78, 5) is 1.51. The van der Waals surface area contributed by atoms with Crippen molar-refractivity contribution in [2.75, 3.05) is 12.3 Å². The third kappa shape index (κ3) is 2.74. The lowest BCUT2D eigenvalue weighted by atomic mass is 9.93. The van der Waals surface area contributed by atoms with Crippen molar-refractivity contribution in [3.8, 4) is 0 Å². The van der Waals surface area contributed by atoms with Gasteiger partial charge in [0.25, 0.3) is 0 Å². The molecular formula is C14H20ClNS2. The summed E-state index contributed by atoms with van der Waals surface area (Å²) >= 11 is 10.1. The zero-order valence-electron chi connectivity index (χ0n) is 10.8. The summed E-state index contributed by atoms with van der Waals surface area (Å²) in [6.45, 7) is 3.54. The number of hydrogen-bond donors (Lipinski definition) is 1. The zero-order valence-corrected chi connectivity index (χ0v) is 13.2. The molecule has 2 heterocycles. The molecule has 1 aliphatic carbocycles. The number of thioether (sulfide) groups is 1. The van der Waals surface area contributed by atoms with Gasteiger partial charge < -0.3 is 5.32 Å². The monoisotopic (exact) mass is 301 g/mol. The second kappa shape index (κ2) is 5.35. The molecule has 1 saturated heterocycles. The maximum Gasteiger partial charge on any atom is 0.0934 e. The second-order valence-electron chi connectivity index (χ2n) is 5.66. The molecule has 0 radical (unpaired) electrons. The first kappa shape index (κ1) is 13.3. The van der Waals surface area contributed by atoms with E-state index in [1.165, 1.54) is 48.3 Å². The lowest BCUT2D eigenvalue weighted by Gasteiger charge is -2.29. The van der Waals surface area contributed by atoms with Gasteiger partial charge in [0.2, 0.25) is 0 Å². The van der Waals surface area contributed by atoms with Crippen molar-refractivity contribution in [1.82, 2.24) is 5.32 Å². The van der Waals surface area contributed by atoms with Crippen molar-refractivity contribution < 1.29 is 0 Å². The molecule has 1 aromatic heterocycles. The molecule has 1 fully saturated rings. The van der Waals surface area contributed by atoms with Crippen LogP contribution in [-0.4, -0.2) is 17.0 Å². The highest BCUT2D eigenvalue weighted by Crippen LogP contribution is 2.40. The Kier molecular flexibility index (Phi) is 3.95.